The lowest BCUT2D eigenvalue weighted by molar-refractivity contribution is -0.149. The average Bonchev–Trinajstić information content (AvgIpc) is 3.08. The van der Waals surface area contributed by atoms with Crippen LogP contribution < -0.4 is 10.6 Å². The fourth-order valence-corrected chi connectivity index (χ4v) is 2.98. The van der Waals surface area contributed by atoms with Crippen molar-refractivity contribution in [2.24, 2.45) is 5.92 Å². The van der Waals surface area contributed by atoms with Crippen LogP contribution in [-0.4, -0.2) is 64.1 Å². The third-order valence-corrected chi connectivity index (χ3v) is 4.41. The van der Waals surface area contributed by atoms with Crippen molar-refractivity contribution in [3.05, 3.63) is 24.0 Å². The number of aromatic nitrogens is 3. The van der Waals surface area contributed by atoms with Crippen LogP contribution in [0.25, 0.3) is 5.65 Å². The average molecular weight is 374 g/mol. The lowest BCUT2D eigenvalue weighted by atomic mass is 9.97. The summed E-state index contributed by atoms with van der Waals surface area (Å²) >= 11 is 0. The maximum Gasteiger partial charge on any atom is 0.320 e. The van der Waals surface area contributed by atoms with Gasteiger partial charge >= 0.3 is 12.0 Å². The summed E-state index contributed by atoms with van der Waals surface area (Å²) in [7, 11) is 1.51. The number of piperidine rings is 1. The second kappa shape index (κ2) is 8.02. The molecule has 0 unspecified atom stereocenters. The number of carbonyl (C=O) groups is 3. The molecule has 1 fully saturated rings. The molecule has 1 aliphatic rings. The number of rotatable bonds is 4. The molecular weight excluding hydrogens is 352 g/mol. The van der Waals surface area contributed by atoms with E-state index in [1.54, 1.807) is 24.0 Å². The minimum absolute atomic E-state index is 0.156. The van der Waals surface area contributed by atoms with Crippen molar-refractivity contribution >= 4 is 29.4 Å². The van der Waals surface area contributed by atoms with Gasteiger partial charge in [0.15, 0.2) is 11.5 Å². The molecule has 0 bridgehead atoms. The second-order valence-electron chi connectivity index (χ2n) is 6.17. The highest BCUT2D eigenvalue weighted by Crippen LogP contribution is 2.20. The Labute approximate surface area is 155 Å². The van der Waals surface area contributed by atoms with E-state index in [1.165, 1.54) is 17.8 Å². The summed E-state index contributed by atoms with van der Waals surface area (Å²) in [4.78, 5) is 41.8. The molecule has 1 saturated heterocycles. The van der Waals surface area contributed by atoms with Crippen LogP contribution in [0.1, 0.15) is 30.3 Å². The van der Waals surface area contributed by atoms with E-state index in [2.05, 4.69) is 20.7 Å². The van der Waals surface area contributed by atoms with E-state index < -0.39 is 0 Å². The molecule has 0 atom stereocenters. The zero-order chi connectivity index (χ0) is 19.4. The SMILES string of the molecule is CCOC(=O)C1CCN(C(=O)c2ccc3nc(NC(=O)NC)cn3n2)CC1. The van der Waals surface area contributed by atoms with E-state index in [0.717, 1.165) is 0 Å². The van der Waals surface area contributed by atoms with Crippen LogP contribution in [0.2, 0.25) is 0 Å². The van der Waals surface area contributed by atoms with Crippen molar-refractivity contribution in [3.8, 4) is 0 Å². The number of anilines is 1. The summed E-state index contributed by atoms with van der Waals surface area (Å²) < 4.78 is 6.50. The minimum Gasteiger partial charge on any atom is -0.466 e. The fourth-order valence-electron chi connectivity index (χ4n) is 2.98. The van der Waals surface area contributed by atoms with Crippen molar-refractivity contribution in [1.82, 2.24) is 24.8 Å². The number of nitrogens with one attached hydrogen (secondary N) is 2. The van der Waals surface area contributed by atoms with E-state index >= 15 is 0 Å². The Hall–Kier alpha value is -3.17. The van der Waals surface area contributed by atoms with Crippen LogP contribution in [0.15, 0.2) is 18.3 Å². The summed E-state index contributed by atoms with van der Waals surface area (Å²) in [5.41, 5.74) is 0.792. The molecule has 0 spiro atoms. The van der Waals surface area contributed by atoms with Crippen LogP contribution in [0.4, 0.5) is 10.6 Å². The Morgan fingerprint density at radius 3 is 2.67 bits per heavy atom. The van der Waals surface area contributed by atoms with Gasteiger partial charge in [0.25, 0.3) is 5.91 Å². The van der Waals surface area contributed by atoms with E-state index in [0.29, 0.717) is 44.0 Å². The Balaban J connectivity index is 1.67. The number of likely N-dealkylation sites (tertiary alicyclic amines) is 1. The highest BCUT2D eigenvalue weighted by Gasteiger charge is 2.29. The summed E-state index contributed by atoms with van der Waals surface area (Å²) in [6.07, 6.45) is 2.70. The molecule has 144 valence electrons. The standard InChI is InChI=1S/C17H22N6O4/c1-3-27-16(25)11-6-8-22(9-7-11)15(24)12-4-5-14-19-13(10-23(14)21-12)20-17(26)18-2/h4-5,10-11H,3,6-9H2,1-2H3,(H2,18,20,26). The van der Waals surface area contributed by atoms with Crippen molar-refractivity contribution in [1.29, 1.82) is 0 Å². The zero-order valence-corrected chi connectivity index (χ0v) is 15.3. The van der Waals surface area contributed by atoms with Gasteiger partial charge in [0.1, 0.15) is 5.69 Å². The van der Waals surface area contributed by atoms with E-state index in [1.807, 2.05) is 0 Å². The van der Waals surface area contributed by atoms with Gasteiger partial charge in [-0.25, -0.2) is 14.3 Å². The van der Waals surface area contributed by atoms with Gasteiger partial charge < -0.3 is 15.0 Å². The number of imidazole rings is 1. The molecule has 0 aliphatic carbocycles. The van der Waals surface area contributed by atoms with Gasteiger partial charge in [-0.15, -0.1) is 0 Å². The van der Waals surface area contributed by atoms with Crippen molar-refractivity contribution in [2.45, 2.75) is 19.8 Å². The Bertz CT molecular complexity index is 856. The first-order valence-corrected chi connectivity index (χ1v) is 8.83. The number of urea groups is 1. The molecule has 2 aromatic rings. The van der Waals surface area contributed by atoms with Gasteiger partial charge in [-0.1, -0.05) is 0 Å². The molecule has 3 heterocycles. The first kappa shape index (κ1) is 18.6. The largest absolute Gasteiger partial charge is 0.466 e. The predicted molar refractivity (Wildman–Crippen MR) is 96.3 cm³/mol. The van der Waals surface area contributed by atoms with Gasteiger partial charge in [0.05, 0.1) is 18.7 Å². The highest BCUT2D eigenvalue weighted by atomic mass is 16.5. The van der Waals surface area contributed by atoms with Crippen molar-refractivity contribution in [2.75, 3.05) is 32.1 Å². The number of hydrogen-bond acceptors (Lipinski definition) is 6. The Morgan fingerprint density at radius 1 is 1.26 bits per heavy atom. The molecule has 0 aromatic carbocycles. The number of amides is 3. The van der Waals surface area contributed by atoms with E-state index in [-0.39, 0.29) is 29.5 Å². The molecule has 1 aliphatic heterocycles. The highest BCUT2D eigenvalue weighted by molar-refractivity contribution is 5.92. The summed E-state index contributed by atoms with van der Waals surface area (Å²) in [6, 6.07) is 2.88. The Morgan fingerprint density at radius 2 is 2.00 bits per heavy atom. The number of esters is 1. The minimum atomic E-state index is -0.390. The molecule has 10 heteroatoms. The molecule has 10 nitrogen and oxygen atoms in total. The number of hydrogen-bond donors (Lipinski definition) is 2. The zero-order valence-electron chi connectivity index (χ0n) is 15.3. The van der Waals surface area contributed by atoms with Gasteiger partial charge in [0.2, 0.25) is 0 Å². The topological polar surface area (TPSA) is 118 Å². The lowest BCUT2D eigenvalue weighted by Gasteiger charge is -2.30. The number of nitrogens with zero attached hydrogens (tertiary/aromatic N) is 4. The van der Waals surface area contributed by atoms with Gasteiger partial charge in [-0.3, -0.25) is 14.9 Å². The maximum absolute atomic E-state index is 12.7. The Kier molecular flexibility index (Phi) is 5.53. The number of ether oxygens (including phenoxy) is 1. The molecule has 3 rings (SSSR count). The molecule has 2 N–H and O–H groups in total. The van der Waals surface area contributed by atoms with Gasteiger partial charge in [0, 0.05) is 20.1 Å². The third kappa shape index (κ3) is 4.15. The number of carbonyl (C=O) groups excluding carboxylic acids is 3. The van der Waals surface area contributed by atoms with Crippen LogP contribution in [0.3, 0.4) is 0 Å². The summed E-state index contributed by atoms with van der Waals surface area (Å²) in [6.45, 7) is 3.11. The molecule has 3 amide bonds. The van der Waals surface area contributed by atoms with Gasteiger partial charge in [-0.05, 0) is 31.9 Å². The molecule has 2 aromatic heterocycles. The summed E-state index contributed by atoms with van der Waals surface area (Å²) in [5.74, 6) is -0.217. The number of fused-ring (bicyclic) bond motifs is 1. The smallest absolute Gasteiger partial charge is 0.320 e. The van der Waals surface area contributed by atoms with Gasteiger partial charge in [-0.2, -0.15) is 5.10 Å². The van der Waals surface area contributed by atoms with Crippen LogP contribution in [-0.2, 0) is 9.53 Å². The van der Waals surface area contributed by atoms with Crippen LogP contribution >= 0.6 is 0 Å². The first-order valence-electron chi connectivity index (χ1n) is 8.83. The first-order chi connectivity index (χ1) is 13.0. The molecular formula is C17H22N6O4. The second-order valence-corrected chi connectivity index (χ2v) is 6.17. The van der Waals surface area contributed by atoms with Crippen LogP contribution in [0, 0.1) is 5.92 Å². The van der Waals surface area contributed by atoms with Crippen molar-refractivity contribution < 1.29 is 19.1 Å². The van der Waals surface area contributed by atoms with E-state index in [9.17, 15) is 14.4 Å². The van der Waals surface area contributed by atoms with E-state index in [4.69, 9.17) is 4.74 Å². The molecule has 0 saturated carbocycles. The maximum atomic E-state index is 12.7. The lowest BCUT2D eigenvalue weighted by Crippen LogP contribution is -2.41. The fraction of sp³-hybridized carbons (Fsp3) is 0.471. The van der Waals surface area contributed by atoms with Crippen molar-refractivity contribution in [3.63, 3.8) is 0 Å². The summed E-state index contributed by atoms with van der Waals surface area (Å²) in [5, 5.41) is 9.28. The third-order valence-electron chi connectivity index (χ3n) is 4.41. The quantitative estimate of drug-likeness (QED) is 0.768. The normalized spacial score (nSPS) is 14.8. The molecule has 27 heavy (non-hydrogen) atoms. The monoisotopic (exact) mass is 374 g/mol. The predicted octanol–water partition coefficient (Wildman–Crippen LogP) is 0.896. The van der Waals surface area contributed by atoms with Crippen LogP contribution in [0.5, 0.6) is 0 Å². The molecule has 0 radical (unpaired) electrons.